The molecule has 1 saturated heterocycles. The molecule has 4 nitrogen and oxygen atoms in total. The molecule has 0 N–H and O–H groups in total. The maximum atomic E-state index is 13.1. The van der Waals surface area contributed by atoms with Crippen LogP contribution in [0.4, 0.5) is 5.69 Å². The van der Waals surface area contributed by atoms with Gasteiger partial charge in [-0.25, -0.2) is 4.99 Å². The number of nitrogens with zero attached hydrogens (tertiary/aromatic N) is 2. The molecule has 1 heterocycles. The highest BCUT2D eigenvalue weighted by molar-refractivity contribution is 8.14. The van der Waals surface area contributed by atoms with Gasteiger partial charge < -0.3 is 4.74 Å². The number of amidine groups is 1. The van der Waals surface area contributed by atoms with E-state index in [4.69, 9.17) is 9.73 Å². The minimum atomic E-state index is -0.0375. The molecule has 1 aliphatic heterocycles. The van der Waals surface area contributed by atoms with Crippen LogP contribution in [0.1, 0.15) is 49.8 Å². The molecule has 1 fully saturated rings. The lowest BCUT2D eigenvalue weighted by Gasteiger charge is -2.24. The van der Waals surface area contributed by atoms with Crippen LogP contribution >= 0.6 is 11.8 Å². The summed E-state index contributed by atoms with van der Waals surface area (Å²) < 4.78 is 6.01. The van der Waals surface area contributed by atoms with Crippen molar-refractivity contribution >= 4 is 28.5 Å². The van der Waals surface area contributed by atoms with Gasteiger partial charge in [-0.15, -0.1) is 0 Å². The van der Waals surface area contributed by atoms with Crippen LogP contribution in [-0.4, -0.2) is 34.4 Å². The summed E-state index contributed by atoms with van der Waals surface area (Å²) in [4.78, 5) is 19.7. The first-order valence-corrected chi connectivity index (χ1v) is 11.2. The quantitative estimate of drug-likeness (QED) is 0.600. The second kappa shape index (κ2) is 9.49. The normalized spacial score (nSPS) is 17.9. The Morgan fingerprint density at radius 1 is 1.21 bits per heavy atom. The molecule has 2 aromatic rings. The lowest BCUT2D eigenvalue weighted by Crippen LogP contribution is -2.41. The third kappa shape index (κ3) is 5.21. The van der Waals surface area contributed by atoms with Gasteiger partial charge >= 0.3 is 0 Å². The third-order valence-corrected chi connectivity index (χ3v) is 6.18. The largest absolute Gasteiger partial charge is 0.483 e. The average molecular weight is 411 g/mol. The van der Waals surface area contributed by atoms with E-state index in [1.807, 2.05) is 49.1 Å². The second-order valence-electron chi connectivity index (χ2n) is 7.85. The van der Waals surface area contributed by atoms with Crippen LogP contribution < -0.4 is 4.74 Å². The number of carbonyl (C=O) groups excluding carboxylic acids is 1. The molecule has 0 saturated carbocycles. The number of aryl methyl sites for hydroxylation is 2. The number of ether oxygens (including phenoxy) is 1. The Hall–Kier alpha value is -2.27. The van der Waals surface area contributed by atoms with E-state index < -0.39 is 0 Å². The summed E-state index contributed by atoms with van der Waals surface area (Å²) in [6.45, 7) is 10.5. The van der Waals surface area contributed by atoms with Crippen molar-refractivity contribution in [1.29, 1.82) is 0 Å². The van der Waals surface area contributed by atoms with E-state index in [1.165, 1.54) is 0 Å². The van der Waals surface area contributed by atoms with Crippen molar-refractivity contribution in [1.82, 2.24) is 4.90 Å². The number of hydrogen-bond acceptors (Lipinski definition) is 4. The summed E-state index contributed by atoms with van der Waals surface area (Å²) in [5.41, 5.74) is 4.29. The van der Waals surface area contributed by atoms with Gasteiger partial charge in [-0.2, -0.15) is 0 Å². The molecular formula is C24H30N2O2S. The lowest BCUT2D eigenvalue weighted by atomic mass is 10.0. The highest BCUT2D eigenvalue weighted by Gasteiger charge is 2.34. The third-order valence-electron chi connectivity index (χ3n) is 5.08. The Bertz CT molecular complexity index is 908. The summed E-state index contributed by atoms with van der Waals surface area (Å²) >= 11 is 1.64. The number of amides is 1. The summed E-state index contributed by atoms with van der Waals surface area (Å²) in [5, 5.41) is 0.768. The molecule has 1 aliphatic rings. The molecule has 0 spiro atoms. The maximum Gasteiger partial charge on any atom is 0.266 e. The first kappa shape index (κ1) is 21.4. The van der Waals surface area contributed by atoms with Crippen LogP contribution in [0.2, 0.25) is 0 Å². The molecule has 154 valence electrons. The first-order valence-electron chi connectivity index (χ1n) is 10.2. The van der Waals surface area contributed by atoms with Crippen LogP contribution in [0.15, 0.2) is 47.5 Å². The van der Waals surface area contributed by atoms with Crippen LogP contribution in [0.5, 0.6) is 5.75 Å². The van der Waals surface area contributed by atoms with Crippen molar-refractivity contribution in [3.05, 3.63) is 59.2 Å². The fourth-order valence-electron chi connectivity index (χ4n) is 3.43. The standard InChI is InChI=1S/C24H30N2O2S/c1-6-20-15-29-24(25-19-9-7-8-17(4)12-19)26(20)23(27)14-28-22-13-18(5)10-11-21(22)16(2)3/h7-13,16,20H,6,14-15H2,1-5H3/t20-/m1/s1. The number of thioether (sulfide) groups is 1. The monoisotopic (exact) mass is 410 g/mol. The zero-order chi connectivity index (χ0) is 21.0. The Labute approximate surface area is 178 Å². The molecule has 0 aliphatic carbocycles. The molecule has 1 amide bonds. The Morgan fingerprint density at radius 2 is 1.97 bits per heavy atom. The van der Waals surface area contributed by atoms with Gasteiger partial charge in [0.2, 0.25) is 0 Å². The van der Waals surface area contributed by atoms with Gasteiger partial charge in [0.15, 0.2) is 11.8 Å². The van der Waals surface area contributed by atoms with Gasteiger partial charge in [0.05, 0.1) is 5.69 Å². The Balaban J connectivity index is 1.79. The van der Waals surface area contributed by atoms with E-state index in [1.54, 1.807) is 11.8 Å². The van der Waals surface area contributed by atoms with Crippen LogP contribution in [0.25, 0.3) is 0 Å². The number of benzene rings is 2. The average Bonchev–Trinajstić information content (AvgIpc) is 3.08. The van der Waals surface area contributed by atoms with E-state index in [0.29, 0.717) is 5.92 Å². The van der Waals surface area contributed by atoms with E-state index >= 15 is 0 Å². The highest BCUT2D eigenvalue weighted by atomic mass is 32.2. The minimum Gasteiger partial charge on any atom is -0.483 e. The zero-order valence-corrected chi connectivity index (χ0v) is 18.8. The van der Waals surface area contributed by atoms with Crippen molar-refractivity contribution in [2.45, 2.75) is 53.0 Å². The number of carbonyl (C=O) groups is 1. The van der Waals surface area contributed by atoms with Gasteiger partial charge in [-0.05, 0) is 61.1 Å². The molecule has 0 unspecified atom stereocenters. The van der Waals surface area contributed by atoms with Crippen molar-refractivity contribution in [2.24, 2.45) is 4.99 Å². The number of rotatable bonds is 6. The zero-order valence-electron chi connectivity index (χ0n) is 17.9. The highest BCUT2D eigenvalue weighted by Crippen LogP contribution is 2.30. The Kier molecular flexibility index (Phi) is 7.01. The van der Waals surface area contributed by atoms with Crippen molar-refractivity contribution in [3.8, 4) is 5.75 Å². The van der Waals surface area contributed by atoms with E-state index in [2.05, 4.69) is 32.9 Å². The first-order chi connectivity index (χ1) is 13.9. The summed E-state index contributed by atoms with van der Waals surface area (Å²) in [6.07, 6.45) is 0.896. The molecule has 1 atom stereocenters. The molecule has 29 heavy (non-hydrogen) atoms. The predicted molar refractivity (Wildman–Crippen MR) is 122 cm³/mol. The lowest BCUT2D eigenvalue weighted by molar-refractivity contribution is -0.130. The summed E-state index contributed by atoms with van der Waals surface area (Å²) in [6, 6.07) is 14.4. The van der Waals surface area contributed by atoms with Crippen LogP contribution in [0, 0.1) is 13.8 Å². The summed E-state index contributed by atoms with van der Waals surface area (Å²) in [5.74, 6) is 1.97. The van der Waals surface area contributed by atoms with Gasteiger partial charge in [0.25, 0.3) is 5.91 Å². The molecule has 5 heteroatoms. The smallest absolute Gasteiger partial charge is 0.266 e. The molecular weight excluding hydrogens is 380 g/mol. The van der Waals surface area contributed by atoms with E-state index in [9.17, 15) is 4.79 Å². The van der Waals surface area contributed by atoms with Gasteiger partial charge in [-0.3, -0.25) is 9.69 Å². The van der Waals surface area contributed by atoms with Crippen molar-refractivity contribution in [3.63, 3.8) is 0 Å². The fraction of sp³-hybridized carbons (Fsp3) is 0.417. The van der Waals surface area contributed by atoms with Gasteiger partial charge in [0, 0.05) is 11.8 Å². The molecule has 0 aromatic heterocycles. The van der Waals surface area contributed by atoms with Crippen molar-refractivity contribution in [2.75, 3.05) is 12.4 Å². The number of aliphatic imine (C=N–C) groups is 1. The number of hydrogen-bond donors (Lipinski definition) is 0. The minimum absolute atomic E-state index is 0.0209. The van der Waals surface area contributed by atoms with E-state index in [-0.39, 0.29) is 18.6 Å². The molecule has 2 aromatic carbocycles. The molecule has 0 bridgehead atoms. The van der Waals surface area contributed by atoms with Crippen LogP contribution in [0.3, 0.4) is 0 Å². The summed E-state index contributed by atoms with van der Waals surface area (Å²) in [7, 11) is 0. The van der Waals surface area contributed by atoms with Gasteiger partial charge in [-0.1, -0.05) is 56.8 Å². The van der Waals surface area contributed by atoms with E-state index in [0.717, 1.165) is 45.5 Å². The van der Waals surface area contributed by atoms with Crippen molar-refractivity contribution < 1.29 is 9.53 Å². The fourth-order valence-corrected chi connectivity index (χ4v) is 4.71. The van der Waals surface area contributed by atoms with Gasteiger partial charge in [0.1, 0.15) is 5.75 Å². The Morgan fingerprint density at radius 3 is 2.66 bits per heavy atom. The maximum absolute atomic E-state index is 13.1. The van der Waals surface area contributed by atoms with Crippen LogP contribution in [-0.2, 0) is 4.79 Å². The molecule has 3 rings (SSSR count). The topological polar surface area (TPSA) is 41.9 Å². The SMILES string of the molecule is CC[C@@H]1CSC(=Nc2cccc(C)c2)N1C(=O)COc1cc(C)ccc1C(C)C. The molecule has 0 radical (unpaired) electrons. The second-order valence-corrected chi connectivity index (χ2v) is 8.84. The predicted octanol–water partition coefficient (Wildman–Crippen LogP) is 5.85.